The van der Waals surface area contributed by atoms with Gasteiger partial charge in [-0.1, -0.05) is 33.1 Å². The van der Waals surface area contributed by atoms with Crippen LogP contribution < -0.4 is 5.32 Å². The highest BCUT2D eigenvalue weighted by Crippen LogP contribution is 2.26. The molecule has 100 valence electrons. The minimum atomic E-state index is -0.687. The van der Waals surface area contributed by atoms with Gasteiger partial charge < -0.3 is 5.32 Å². The Labute approximate surface area is 105 Å². The Morgan fingerprint density at radius 2 is 1.82 bits per heavy atom. The third-order valence-corrected chi connectivity index (χ3v) is 4.21. The Balaban J connectivity index is 1.81. The van der Waals surface area contributed by atoms with Crippen LogP contribution in [0.25, 0.3) is 0 Å². The van der Waals surface area contributed by atoms with Gasteiger partial charge in [0.1, 0.15) is 6.17 Å². The summed E-state index contributed by atoms with van der Waals surface area (Å²) in [6.07, 6.45) is 6.91. The zero-order chi connectivity index (χ0) is 12.3. The average Bonchev–Trinajstić information content (AvgIpc) is 2.32. The fourth-order valence-electron chi connectivity index (χ4n) is 3.32. The first-order valence-electron chi connectivity index (χ1n) is 7.31. The lowest BCUT2D eigenvalue weighted by molar-refractivity contribution is 0.0555. The van der Waals surface area contributed by atoms with Gasteiger partial charge in [-0.2, -0.15) is 0 Å². The maximum Gasteiger partial charge on any atom is 0.128 e. The van der Waals surface area contributed by atoms with Crippen LogP contribution in [0.1, 0.15) is 52.4 Å². The molecule has 1 N–H and O–H groups in total. The zero-order valence-corrected chi connectivity index (χ0v) is 11.3. The number of piperidine rings is 1. The second kappa shape index (κ2) is 6.14. The predicted octanol–water partition coefficient (Wildman–Crippen LogP) is 2.73. The molecule has 0 bridgehead atoms. The monoisotopic (exact) mass is 242 g/mol. The number of rotatable bonds is 3. The highest BCUT2D eigenvalue weighted by atomic mass is 19.1. The normalized spacial score (nSPS) is 33.2. The summed E-state index contributed by atoms with van der Waals surface area (Å²) in [5.74, 6) is 0. The molecular formula is C14H27FN2. The molecule has 1 heterocycles. The molecule has 0 aromatic rings. The van der Waals surface area contributed by atoms with E-state index >= 15 is 0 Å². The molecular weight excluding hydrogens is 215 g/mol. The van der Waals surface area contributed by atoms with Gasteiger partial charge in [-0.25, -0.2) is 4.39 Å². The maximum absolute atomic E-state index is 14.1. The summed E-state index contributed by atoms with van der Waals surface area (Å²) >= 11 is 0. The molecule has 2 atom stereocenters. The van der Waals surface area contributed by atoms with Gasteiger partial charge in [0.2, 0.25) is 0 Å². The van der Waals surface area contributed by atoms with E-state index in [1.807, 2.05) is 0 Å². The van der Waals surface area contributed by atoms with Gasteiger partial charge in [-0.3, -0.25) is 4.90 Å². The SMILES string of the molecule is CC(C)NC1CCN(C2CCCCC2)CC1F. The molecule has 0 aromatic heterocycles. The van der Waals surface area contributed by atoms with Crippen LogP contribution in [0.3, 0.4) is 0 Å². The smallest absolute Gasteiger partial charge is 0.128 e. The van der Waals surface area contributed by atoms with Crippen LogP contribution in [-0.2, 0) is 0 Å². The van der Waals surface area contributed by atoms with E-state index in [2.05, 4.69) is 24.1 Å². The third kappa shape index (κ3) is 3.65. The van der Waals surface area contributed by atoms with Crippen LogP contribution in [0.15, 0.2) is 0 Å². The molecule has 1 aliphatic carbocycles. The molecule has 2 aliphatic rings. The summed E-state index contributed by atoms with van der Waals surface area (Å²) < 4.78 is 14.1. The van der Waals surface area contributed by atoms with Gasteiger partial charge in [0.25, 0.3) is 0 Å². The van der Waals surface area contributed by atoms with E-state index in [0.717, 1.165) is 13.0 Å². The van der Waals surface area contributed by atoms with E-state index in [4.69, 9.17) is 0 Å². The lowest BCUT2D eigenvalue weighted by Crippen LogP contribution is -2.55. The number of alkyl halides is 1. The lowest BCUT2D eigenvalue weighted by atomic mass is 9.91. The van der Waals surface area contributed by atoms with Gasteiger partial charge in [0, 0.05) is 31.2 Å². The van der Waals surface area contributed by atoms with Crippen molar-refractivity contribution < 1.29 is 4.39 Å². The fraction of sp³-hybridized carbons (Fsp3) is 1.00. The van der Waals surface area contributed by atoms with E-state index in [9.17, 15) is 4.39 Å². The van der Waals surface area contributed by atoms with Crippen molar-refractivity contribution in [2.45, 2.75) is 76.7 Å². The van der Waals surface area contributed by atoms with Crippen LogP contribution in [-0.4, -0.2) is 42.3 Å². The average molecular weight is 242 g/mol. The number of nitrogens with one attached hydrogen (secondary N) is 1. The molecule has 3 heteroatoms. The lowest BCUT2D eigenvalue weighted by Gasteiger charge is -2.41. The van der Waals surface area contributed by atoms with Crippen molar-refractivity contribution >= 4 is 0 Å². The standard InChI is InChI=1S/C14H27FN2/c1-11(2)16-14-8-9-17(10-13(14)15)12-6-4-3-5-7-12/h11-14,16H,3-10H2,1-2H3. The van der Waals surface area contributed by atoms with Gasteiger partial charge in [0.15, 0.2) is 0 Å². The van der Waals surface area contributed by atoms with E-state index in [1.54, 1.807) is 0 Å². The minimum Gasteiger partial charge on any atom is -0.309 e. The Kier molecular flexibility index (Phi) is 4.80. The van der Waals surface area contributed by atoms with Crippen LogP contribution in [0.2, 0.25) is 0 Å². The van der Waals surface area contributed by atoms with E-state index in [-0.39, 0.29) is 6.04 Å². The molecule has 0 radical (unpaired) electrons. The van der Waals surface area contributed by atoms with Gasteiger partial charge in [0.05, 0.1) is 0 Å². The second-order valence-electron chi connectivity index (χ2n) is 6.02. The molecule has 0 spiro atoms. The Hall–Kier alpha value is -0.150. The van der Waals surface area contributed by atoms with Crippen LogP contribution in [0.4, 0.5) is 4.39 Å². The molecule has 1 saturated heterocycles. The number of hydrogen-bond donors (Lipinski definition) is 1. The summed E-state index contributed by atoms with van der Waals surface area (Å²) in [6.45, 7) is 5.92. The number of nitrogens with zero attached hydrogens (tertiary/aromatic N) is 1. The molecule has 1 saturated carbocycles. The first-order chi connectivity index (χ1) is 8.16. The molecule has 2 nitrogen and oxygen atoms in total. The predicted molar refractivity (Wildman–Crippen MR) is 70.0 cm³/mol. The quantitative estimate of drug-likeness (QED) is 0.818. The second-order valence-corrected chi connectivity index (χ2v) is 6.02. The molecule has 1 aliphatic heterocycles. The number of likely N-dealkylation sites (tertiary alicyclic amines) is 1. The molecule has 0 aromatic carbocycles. The number of halogens is 1. The zero-order valence-electron chi connectivity index (χ0n) is 11.3. The summed E-state index contributed by atoms with van der Waals surface area (Å²) in [5, 5.41) is 3.35. The Morgan fingerprint density at radius 1 is 1.12 bits per heavy atom. The van der Waals surface area contributed by atoms with E-state index < -0.39 is 6.17 Å². The van der Waals surface area contributed by atoms with Crippen molar-refractivity contribution in [3.8, 4) is 0 Å². The van der Waals surface area contributed by atoms with Crippen molar-refractivity contribution in [3.05, 3.63) is 0 Å². The van der Waals surface area contributed by atoms with Gasteiger partial charge >= 0.3 is 0 Å². The fourth-order valence-corrected chi connectivity index (χ4v) is 3.32. The summed E-state index contributed by atoms with van der Waals surface area (Å²) in [7, 11) is 0. The summed E-state index contributed by atoms with van der Waals surface area (Å²) in [5.41, 5.74) is 0. The molecule has 2 fully saturated rings. The Bertz CT molecular complexity index is 226. The number of hydrogen-bond acceptors (Lipinski definition) is 2. The highest BCUT2D eigenvalue weighted by molar-refractivity contribution is 4.89. The van der Waals surface area contributed by atoms with Gasteiger partial charge in [-0.15, -0.1) is 0 Å². The van der Waals surface area contributed by atoms with E-state index in [0.29, 0.717) is 18.6 Å². The largest absolute Gasteiger partial charge is 0.309 e. The molecule has 0 amide bonds. The van der Waals surface area contributed by atoms with Crippen LogP contribution in [0.5, 0.6) is 0 Å². The summed E-state index contributed by atoms with van der Waals surface area (Å²) in [6, 6.07) is 1.14. The first-order valence-corrected chi connectivity index (χ1v) is 7.31. The highest BCUT2D eigenvalue weighted by Gasteiger charge is 2.32. The summed E-state index contributed by atoms with van der Waals surface area (Å²) in [4.78, 5) is 2.41. The maximum atomic E-state index is 14.1. The molecule has 2 unspecified atom stereocenters. The van der Waals surface area contributed by atoms with Crippen LogP contribution in [0, 0.1) is 0 Å². The molecule has 2 rings (SSSR count). The van der Waals surface area contributed by atoms with Crippen molar-refractivity contribution in [3.63, 3.8) is 0 Å². The topological polar surface area (TPSA) is 15.3 Å². The molecule has 17 heavy (non-hydrogen) atoms. The minimum absolute atomic E-state index is 0.0786. The van der Waals surface area contributed by atoms with Crippen molar-refractivity contribution in [2.75, 3.05) is 13.1 Å². The van der Waals surface area contributed by atoms with Crippen molar-refractivity contribution in [1.29, 1.82) is 0 Å². The van der Waals surface area contributed by atoms with Crippen molar-refractivity contribution in [2.24, 2.45) is 0 Å². The van der Waals surface area contributed by atoms with Crippen LogP contribution >= 0.6 is 0 Å². The van der Waals surface area contributed by atoms with E-state index in [1.165, 1.54) is 32.1 Å². The first kappa shape index (κ1) is 13.3. The van der Waals surface area contributed by atoms with Crippen molar-refractivity contribution in [1.82, 2.24) is 10.2 Å². The van der Waals surface area contributed by atoms with Gasteiger partial charge in [-0.05, 0) is 19.3 Å². The third-order valence-electron chi connectivity index (χ3n) is 4.21. The Morgan fingerprint density at radius 3 is 2.41 bits per heavy atom.